The number of carboxylic acid groups (broad SMARTS) is 1. The van der Waals surface area contributed by atoms with E-state index in [1.54, 1.807) is 28.8 Å². The minimum atomic E-state index is -1.67. The van der Waals surface area contributed by atoms with Crippen LogP contribution in [0.15, 0.2) is 36.7 Å². The summed E-state index contributed by atoms with van der Waals surface area (Å²) in [5, 5.41) is 39.7. The third-order valence-electron chi connectivity index (χ3n) is 5.19. The van der Waals surface area contributed by atoms with Gasteiger partial charge in [-0.25, -0.2) is 13.7 Å². The highest BCUT2D eigenvalue weighted by Crippen LogP contribution is 2.25. The van der Waals surface area contributed by atoms with Crippen molar-refractivity contribution in [1.29, 1.82) is 5.26 Å². The molecule has 0 bridgehead atoms. The Kier molecular flexibility index (Phi) is 7.83. The van der Waals surface area contributed by atoms with Gasteiger partial charge in [0, 0.05) is 19.3 Å². The van der Waals surface area contributed by atoms with Crippen molar-refractivity contribution in [1.82, 2.24) is 25.2 Å². The maximum Gasteiger partial charge on any atom is 0.404 e. The zero-order valence-corrected chi connectivity index (χ0v) is 19.2. The number of rotatable bonds is 10. The Morgan fingerprint density at radius 2 is 2.00 bits per heavy atom. The predicted octanol–water partition coefficient (Wildman–Crippen LogP) is 2.18. The van der Waals surface area contributed by atoms with E-state index in [0.717, 1.165) is 0 Å². The molecule has 3 aromatic rings. The molecular weight excluding hydrogens is 457 g/mol. The number of hydrogen-bond donors (Lipinski definition) is 5. The van der Waals surface area contributed by atoms with Crippen molar-refractivity contribution in [3.05, 3.63) is 47.8 Å². The van der Waals surface area contributed by atoms with Gasteiger partial charge in [-0.1, -0.05) is 0 Å². The molecule has 11 nitrogen and oxygen atoms in total. The maximum atomic E-state index is 14.1. The molecule has 1 atom stereocenters. The van der Waals surface area contributed by atoms with Crippen LogP contribution in [0.5, 0.6) is 0 Å². The number of halogens is 1. The number of hydrogen-bond acceptors (Lipinski definition) is 7. The first-order valence-electron chi connectivity index (χ1n) is 10.8. The predicted molar refractivity (Wildman–Crippen MR) is 126 cm³/mol. The number of amides is 2. The van der Waals surface area contributed by atoms with Crippen LogP contribution in [0.2, 0.25) is 0 Å². The molecular formula is C23H26FN7O4. The van der Waals surface area contributed by atoms with Crippen molar-refractivity contribution in [3.8, 4) is 17.5 Å². The number of alkyl halides is 1. The summed E-state index contributed by atoms with van der Waals surface area (Å²) in [7, 11) is 0. The number of nitrogens with zero attached hydrogens (tertiary/aromatic N) is 4. The van der Waals surface area contributed by atoms with Crippen molar-refractivity contribution in [2.24, 2.45) is 0 Å². The van der Waals surface area contributed by atoms with Crippen molar-refractivity contribution in [3.63, 3.8) is 0 Å². The highest BCUT2D eigenvalue weighted by molar-refractivity contribution is 6.00. The van der Waals surface area contributed by atoms with Crippen LogP contribution in [0, 0.1) is 11.3 Å². The van der Waals surface area contributed by atoms with Gasteiger partial charge in [0.1, 0.15) is 12.2 Å². The number of carbonyl (C=O) groups is 2. The Balaban J connectivity index is 1.87. The van der Waals surface area contributed by atoms with Gasteiger partial charge in [0.05, 0.1) is 52.1 Å². The second kappa shape index (κ2) is 10.8. The fourth-order valence-electron chi connectivity index (χ4n) is 3.21. The molecule has 0 saturated carbocycles. The maximum absolute atomic E-state index is 14.1. The Morgan fingerprint density at radius 3 is 2.69 bits per heavy atom. The normalized spacial score (nSPS) is 12.1. The van der Waals surface area contributed by atoms with E-state index >= 15 is 0 Å². The number of nitriles is 1. The van der Waals surface area contributed by atoms with Crippen molar-refractivity contribution < 1.29 is 24.2 Å². The molecule has 12 heteroatoms. The van der Waals surface area contributed by atoms with Crippen molar-refractivity contribution in [2.45, 2.75) is 32.0 Å². The number of nitrogens with one attached hydrogen (secondary N) is 3. The molecule has 0 aliphatic rings. The number of fused-ring (bicyclic) bond motifs is 1. The van der Waals surface area contributed by atoms with Crippen LogP contribution >= 0.6 is 0 Å². The highest BCUT2D eigenvalue weighted by atomic mass is 19.1. The molecule has 0 radical (unpaired) electrons. The Labute approximate surface area is 200 Å². The van der Waals surface area contributed by atoms with Gasteiger partial charge in [0.25, 0.3) is 5.91 Å². The smallest absolute Gasteiger partial charge is 0.404 e. The second-order valence-electron chi connectivity index (χ2n) is 8.37. The number of carbonyl (C=O) groups excluding carboxylic acids is 1. The molecule has 0 spiro atoms. The first-order valence-corrected chi connectivity index (χ1v) is 10.8. The van der Waals surface area contributed by atoms with Crippen LogP contribution < -0.4 is 16.0 Å². The monoisotopic (exact) mass is 483 g/mol. The number of anilines is 1. The van der Waals surface area contributed by atoms with Crippen molar-refractivity contribution in [2.75, 3.05) is 25.0 Å². The molecule has 1 unspecified atom stereocenters. The highest BCUT2D eigenvalue weighted by Gasteiger charge is 2.27. The van der Waals surface area contributed by atoms with E-state index in [1.165, 1.54) is 26.2 Å². The van der Waals surface area contributed by atoms with Crippen LogP contribution in [0.25, 0.3) is 16.9 Å². The SMILES string of the molecule is CC(C)(O)C(F)CNC(=O)c1cnc(-c2ccc3cc(C#N)cnn23)cc1NCCCNC(=O)O. The molecule has 3 heterocycles. The molecule has 0 fully saturated rings. The van der Waals surface area contributed by atoms with Crippen LogP contribution in [0.3, 0.4) is 0 Å². The first kappa shape index (κ1) is 25.4. The zero-order chi connectivity index (χ0) is 25.6. The quantitative estimate of drug-likeness (QED) is 0.274. The lowest BCUT2D eigenvalue weighted by atomic mass is 10.0. The Hall–Kier alpha value is -4.24. The molecule has 3 rings (SSSR count). The van der Waals surface area contributed by atoms with E-state index in [2.05, 4.69) is 26.0 Å². The summed E-state index contributed by atoms with van der Waals surface area (Å²) >= 11 is 0. The van der Waals surface area contributed by atoms with E-state index in [1.807, 2.05) is 6.07 Å². The third kappa shape index (κ3) is 6.42. The summed E-state index contributed by atoms with van der Waals surface area (Å²) in [6, 6.07) is 8.93. The van der Waals surface area contributed by atoms with E-state index in [-0.39, 0.29) is 18.7 Å². The minimum absolute atomic E-state index is 0.156. The molecule has 2 amide bonds. The second-order valence-corrected chi connectivity index (χ2v) is 8.37. The summed E-state index contributed by atoms with van der Waals surface area (Å²) in [5.41, 5.74) is 1.17. The van der Waals surface area contributed by atoms with Gasteiger partial charge in [0.2, 0.25) is 0 Å². The average molecular weight is 484 g/mol. The van der Waals surface area contributed by atoms with Crippen LogP contribution in [-0.2, 0) is 0 Å². The lowest BCUT2D eigenvalue weighted by Crippen LogP contribution is -2.42. The largest absolute Gasteiger partial charge is 0.465 e. The fourth-order valence-corrected chi connectivity index (χ4v) is 3.21. The van der Waals surface area contributed by atoms with Gasteiger partial charge in [-0.3, -0.25) is 9.78 Å². The van der Waals surface area contributed by atoms with E-state index in [4.69, 9.17) is 10.4 Å². The lowest BCUT2D eigenvalue weighted by Gasteiger charge is -2.22. The van der Waals surface area contributed by atoms with E-state index in [0.29, 0.717) is 41.1 Å². The summed E-state index contributed by atoms with van der Waals surface area (Å²) in [5.74, 6) is -0.584. The molecule has 35 heavy (non-hydrogen) atoms. The number of aromatic nitrogens is 3. The zero-order valence-electron chi connectivity index (χ0n) is 19.2. The van der Waals surface area contributed by atoms with E-state index in [9.17, 15) is 19.1 Å². The average Bonchev–Trinajstić information content (AvgIpc) is 3.24. The van der Waals surface area contributed by atoms with Crippen LogP contribution in [0.4, 0.5) is 14.9 Å². The van der Waals surface area contributed by atoms with Gasteiger partial charge >= 0.3 is 6.09 Å². The Bertz CT molecular complexity index is 1260. The number of aliphatic hydroxyl groups is 1. The van der Waals surface area contributed by atoms with Gasteiger partial charge in [-0.2, -0.15) is 10.4 Å². The molecule has 0 aliphatic carbocycles. The number of pyridine rings is 1. The first-order chi connectivity index (χ1) is 16.6. The fraction of sp³-hybridized carbons (Fsp3) is 0.348. The molecule has 5 N–H and O–H groups in total. The standard InChI is InChI=1S/C23H26FN7O4/c1-23(2,35)20(24)13-29-21(32)16-12-28-18(9-17(16)26-6-3-7-27-22(33)34)19-5-4-15-8-14(10-25)11-30-31(15)19/h4-5,8-9,11-12,20,27,35H,3,6-7,13H2,1-2H3,(H,26,28)(H,29,32)(H,33,34). The van der Waals surface area contributed by atoms with Gasteiger partial charge in [0.15, 0.2) is 0 Å². The third-order valence-corrected chi connectivity index (χ3v) is 5.19. The van der Waals surface area contributed by atoms with E-state index < -0.39 is 23.8 Å². The molecule has 0 aromatic carbocycles. The van der Waals surface area contributed by atoms with Crippen LogP contribution in [0.1, 0.15) is 36.2 Å². The summed E-state index contributed by atoms with van der Waals surface area (Å²) in [6.45, 7) is 2.80. The molecule has 0 aliphatic heterocycles. The Morgan fingerprint density at radius 1 is 1.23 bits per heavy atom. The minimum Gasteiger partial charge on any atom is -0.465 e. The van der Waals surface area contributed by atoms with Gasteiger partial charge < -0.3 is 26.2 Å². The molecule has 0 saturated heterocycles. The topological polar surface area (TPSA) is 165 Å². The summed E-state index contributed by atoms with van der Waals surface area (Å²) in [6.07, 6.45) is 0.430. The summed E-state index contributed by atoms with van der Waals surface area (Å²) < 4.78 is 15.7. The van der Waals surface area contributed by atoms with Crippen molar-refractivity contribution >= 4 is 23.2 Å². The van der Waals surface area contributed by atoms with Gasteiger partial charge in [-0.15, -0.1) is 0 Å². The molecule has 184 valence electrons. The lowest BCUT2D eigenvalue weighted by molar-refractivity contribution is -0.00177. The van der Waals surface area contributed by atoms with Gasteiger partial charge in [-0.05, 0) is 44.5 Å². The summed E-state index contributed by atoms with van der Waals surface area (Å²) in [4.78, 5) is 27.8. The van der Waals surface area contributed by atoms with Crippen LogP contribution in [-0.4, -0.2) is 68.2 Å². The molecule has 3 aromatic heterocycles.